The number of carbonyl (C=O) groups is 1. The number of urea groups is 1. The molecule has 0 aliphatic carbocycles. The third kappa shape index (κ3) is 4.66. The molecule has 23 heavy (non-hydrogen) atoms. The molecule has 0 aliphatic heterocycles. The van der Waals surface area contributed by atoms with Gasteiger partial charge in [-0.1, -0.05) is 23.3 Å². The minimum absolute atomic E-state index is 0.181. The average Bonchev–Trinajstić information content (AvgIpc) is 2.94. The molecule has 2 aromatic rings. The number of halogens is 3. The smallest absolute Gasteiger partial charge is 0.337 e. The highest BCUT2D eigenvalue weighted by Gasteiger charge is 2.30. The maximum absolute atomic E-state index is 12.6. The van der Waals surface area contributed by atoms with Crippen LogP contribution in [0.1, 0.15) is 18.1 Å². The molecule has 0 saturated carbocycles. The summed E-state index contributed by atoms with van der Waals surface area (Å²) in [6.07, 6.45) is -4.10. The molecular weight excluding hydrogens is 313 g/mol. The van der Waals surface area contributed by atoms with Crippen LogP contribution in [-0.2, 0) is 19.1 Å². The number of aromatic nitrogens is 4. The van der Waals surface area contributed by atoms with Gasteiger partial charge in [0.15, 0.2) is 0 Å². The van der Waals surface area contributed by atoms with Gasteiger partial charge in [0.2, 0.25) is 0 Å². The monoisotopic (exact) mass is 328 g/mol. The van der Waals surface area contributed by atoms with E-state index in [0.717, 1.165) is 12.1 Å². The number of rotatable bonds is 5. The van der Waals surface area contributed by atoms with E-state index in [4.69, 9.17) is 0 Å². The van der Waals surface area contributed by atoms with Gasteiger partial charge in [0.25, 0.3) is 5.95 Å². The number of aryl methyl sites for hydroxylation is 1. The lowest BCUT2D eigenvalue weighted by Gasteiger charge is -2.09. The van der Waals surface area contributed by atoms with Crippen molar-refractivity contribution in [3.8, 4) is 0 Å². The first-order valence-corrected chi connectivity index (χ1v) is 6.87. The third-order valence-electron chi connectivity index (χ3n) is 3.01. The van der Waals surface area contributed by atoms with Crippen LogP contribution in [0.2, 0.25) is 0 Å². The molecule has 0 unspecified atom stereocenters. The van der Waals surface area contributed by atoms with Crippen LogP contribution in [0.5, 0.6) is 0 Å². The Kier molecular flexibility index (Phi) is 5.14. The number of tetrazole rings is 1. The van der Waals surface area contributed by atoms with Crippen LogP contribution in [-0.4, -0.2) is 32.8 Å². The Morgan fingerprint density at radius 1 is 1.35 bits per heavy atom. The highest BCUT2D eigenvalue weighted by Crippen LogP contribution is 2.29. The van der Waals surface area contributed by atoms with Crippen LogP contribution in [0.15, 0.2) is 24.3 Å². The van der Waals surface area contributed by atoms with Gasteiger partial charge in [-0.15, -0.1) is 0 Å². The van der Waals surface area contributed by atoms with Crippen molar-refractivity contribution in [3.63, 3.8) is 0 Å². The molecule has 0 radical (unpaired) electrons. The topological polar surface area (TPSA) is 84.7 Å². The molecule has 0 bridgehead atoms. The van der Waals surface area contributed by atoms with Crippen LogP contribution in [0.25, 0.3) is 0 Å². The standard InChI is InChI=1S/C13H15F3N6O/c1-2-22-11(19-20-21-22)18-12(23)17-7-6-9-4-3-5-10(8-9)13(14,15)16/h3-5,8H,2,6-7H2,1H3,(H2,17,18,19,21,23). The Balaban J connectivity index is 1.84. The van der Waals surface area contributed by atoms with Gasteiger partial charge in [0, 0.05) is 13.1 Å². The summed E-state index contributed by atoms with van der Waals surface area (Å²) in [6.45, 7) is 2.49. The molecule has 2 N–H and O–H groups in total. The fourth-order valence-corrected chi connectivity index (χ4v) is 1.88. The number of amides is 2. The zero-order valence-electron chi connectivity index (χ0n) is 12.3. The number of nitrogens with zero attached hydrogens (tertiary/aromatic N) is 4. The number of benzene rings is 1. The molecule has 0 saturated heterocycles. The van der Waals surface area contributed by atoms with Gasteiger partial charge in [0.1, 0.15) is 0 Å². The molecule has 1 aromatic carbocycles. The minimum atomic E-state index is -4.38. The molecule has 2 rings (SSSR count). The highest BCUT2D eigenvalue weighted by molar-refractivity contribution is 5.87. The fraction of sp³-hybridized carbons (Fsp3) is 0.385. The first-order chi connectivity index (χ1) is 10.9. The molecule has 7 nitrogen and oxygen atoms in total. The summed E-state index contributed by atoms with van der Waals surface area (Å²) in [6, 6.07) is 4.47. The van der Waals surface area contributed by atoms with Crippen molar-refractivity contribution < 1.29 is 18.0 Å². The molecule has 0 atom stereocenters. The molecule has 0 spiro atoms. The van der Waals surface area contributed by atoms with E-state index in [2.05, 4.69) is 26.2 Å². The molecule has 10 heteroatoms. The minimum Gasteiger partial charge on any atom is -0.337 e. The van der Waals surface area contributed by atoms with E-state index in [1.54, 1.807) is 6.07 Å². The largest absolute Gasteiger partial charge is 0.416 e. The summed E-state index contributed by atoms with van der Waals surface area (Å²) in [7, 11) is 0. The summed E-state index contributed by atoms with van der Waals surface area (Å²) in [5.41, 5.74) is -0.222. The van der Waals surface area contributed by atoms with Crippen LogP contribution in [0.3, 0.4) is 0 Å². The first-order valence-electron chi connectivity index (χ1n) is 6.87. The first kappa shape index (κ1) is 16.7. The third-order valence-corrected chi connectivity index (χ3v) is 3.01. The van der Waals surface area contributed by atoms with E-state index in [9.17, 15) is 18.0 Å². The number of hydrogen-bond donors (Lipinski definition) is 2. The van der Waals surface area contributed by atoms with E-state index >= 15 is 0 Å². The zero-order valence-corrected chi connectivity index (χ0v) is 12.3. The summed E-state index contributed by atoms with van der Waals surface area (Å²) in [4.78, 5) is 11.7. The number of hydrogen-bond acceptors (Lipinski definition) is 4. The second kappa shape index (κ2) is 7.07. The van der Waals surface area contributed by atoms with Crippen molar-refractivity contribution in [3.05, 3.63) is 35.4 Å². The Bertz CT molecular complexity index is 670. The van der Waals surface area contributed by atoms with Crippen molar-refractivity contribution in [2.75, 3.05) is 11.9 Å². The molecule has 124 valence electrons. The predicted octanol–water partition coefficient (Wildman–Crippen LogP) is 2.08. The molecule has 2 amide bonds. The van der Waals surface area contributed by atoms with Gasteiger partial charge in [-0.05, 0) is 35.4 Å². The van der Waals surface area contributed by atoms with Gasteiger partial charge in [-0.3, -0.25) is 5.32 Å². The molecule has 1 heterocycles. The van der Waals surface area contributed by atoms with Gasteiger partial charge in [0.05, 0.1) is 5.56 Å². The summed E-state index contributed by atoms with van der Waals surface area (Å²) >= 11 is 0. The number of nitrogens with one attached hydrogen (secondary N) is 2. The number of alkyl halides is 3. The van der Waals surface area contributed by atoms with Gasteiger partial charge in [-0.2, -0.15) is 13.2 Å². The second-order valence-electron chi connectivity index (χ2n) is 4.65. The van der Waals surface area contributed by atoms with Crippen molar-refractivity contribution >= 4 is 12.0 Å². The van der Waals surface area contributed by atoms with Crippen molar-refractivity contribution in [1.82, 2.24) is 25.5 Å². The zero-order chi connectivity index (χ0) is 16.9. The molecular formula is C13H15F3N6O. The highest BCUT2D eigenvalue weighted by atomic mass is 19.4. The molecule has 0 fully saturated rings. The quantitative estimate of drug-likeness (QED) is 0.880. The molecule has 1 aromatic heterocycles. The average molecular weight is 328 g/mol. The predicted molar refractivity (Wildman–Crippen MR) is 75.7 cm³/mol. The summed E-state index contributed by atoms with van der Waals surface area (Å²) < 4.78 is 39.2. The van der Waals surface area contributed by atoms with E-state index in [1.165, 1.54) is 10.7 Å². The Labute approximate surface area is 129 Å². The van der Waals surface area contributed by atoms with Crippen molar-refractivity contribution in [2.24, 2.45) is 0 Å². The lowest BCUT2D eigenvalue weighted by Crippen LogP contribution is -2.31. The van der Waals surface area contributed by atoms with Crippen LogP contribution >= 0.6 is 0 Å². The van der Waals surface area contributed by atoms with Crippen LogP contribution in [0, 0.1) is 0 Å². The van der Waals surface area contributed by atoms with Gasteiger partial charge < -0.3 is 5.32 Å². The van der Waals surface area contributed by atoms with E-state index in [0.29, 0.717) is 12.1 Å². The van der Waals surface area contributed by atoms with Crippen LogP contribution in [0.4, 0.5) is 23.9 Å². The Hall–Kier alpha value is -2.65. The van der Waals surface area contributed by atoms with E-state index < -0.39 is 17.8 Å². The summed E-state index contributed by atoms with van der Waals surface area (Å²) in [5.74, 6) is 0.198. The maximum Gasteiger partial charge on any atom is 0.416 e. The Morgan fingerprint density at radius 2 is 2.13 bits per heavy atom. The van der Waals surface area contributed by atoms with Gasteiger partial charge >= 0.3 is 12.2 Å². The second-order valence-corrected chi connectivity index (χ2v) is 4.65. The fourth-order valence-electron chi connectivity index (χ4n) is 1.88. The SMILES string of the molecule is CCn1nnnc1NC(=O)NCCc1cccc(C(F)(F)F)c1. The number of carbonyl (C=O) groups excluding carboxylic acids is 1. The Morgan fingerprint density at radius 3 is 2.83 bits per heavy atom. The maximum atomic E-state index is 12.6. The van der Waals surface area contributed by atoms with Crippen molar-refractivity contribution in [1.29, 1.82) is 0 Å². The van der Waals surface area contributed by atoms with Gasteiger partial charge in [-0.25, -0.2) is 9.48 Å². The van der Waals surface area contributed by atoms with E-state index in [-0.39, 0.29) is 18.9 Å². The van der Waals surface area contributed by atoms with E-state index in [1.807, 2.05) is 6.92 Å². The van der Waals surface area contributed by atoms with Crippen molar-refractivity contribution in [2.45, 2.75) is 26.1 Å². The summed E-state index contributed by atoms with van der Waals surface area (Å²) in [5, 5.41) is 15.7. The van der Waals surface area contributed by atoms with Crippen LogP contribution < -0.4 is 10.6 Å². The number of anilines is 1. The normalized spacial score (nSPS) is 11.3. The lowest BCUT2D eigenvalue weighted by molar-refractivity contribution is -0.137. The molecule has 0 aliphatic rings. The lowest BCUT2D eigenvalue weighted by atomic mass is 10.1.